The van der Waals surface area contributed by atoms with Crippen LogP contribution in [-0.2, 0) is 14.3 Å². The van der Waals surface area contributed by atoms with Crippen LogP contribution in [0, 0.1) is 0 Å². The summed E-state index contributed by atoms with van der Waals surface area (Å²) in [6.45, 7) is -0.459. The van der Waals surface area contributed by atoms with Crippen LogP contribution in [0.2, 0.25) is 0 Å². The minimum Gasteiger partial charge on any atom is -0.452 e. The maximum atomic E-state index is 11.6. The number of hydrogen-bond donors (Lipinski definition) is 1. The van der Waals surface area contributed by atoms with E-state index in [1.54, 1.807) is 30.3 Å². The van der Waals surface area contributed by atoms with E-state index in [-0.39, 0.29) is 19.1 Å². The molecule has 0 fully saturated rings. The van der Waals surface area contributed by atoms with Crippen molar-refractivity contribution in [2.75, 3.05) is 27.2 Å². The predicted molar refractivity (Wildman–Crippen MR) is 68.4 cm³/mol. The van der Waals surface area contributed by atoms with E-state index in [0.29, 0.717) is 5.56 Å². The number of nitrogens with one attached hydrogen (secondary N) is 1. The van der Waals surface area contributed by atoms with Gasteiger partial charge in [-0.25, -0.2) is 4.79 Å². The number of hydrogen-bond acceptors (Lipinski definition) is 4. The third-order valence-corrected chi connectivity index (χ3v) is 2.42. The highest BCUT2D eigenvalue weighted by Crippen LogP contribution is 2.01. The van der Waals surface area contributed by atoms with E-state index in [2.05, 4.69) is 5.32 Å². The fraction of sp³-hybridized carbons (Fsp3) is 0.308. The predicted octanol–water partition coefficient (Wildman–Crippen LogP) is 0.0478. The van der Waals surface area contributed by atoms with Gasteiger partial charge >= 0.3 is 5.97 Å². The zero-order valence-electron chi connectivity index (χ0n) is 10.9. The molecule has 0 aliphatic rings. The van der Waals surface area contributed by atoms with Gasteiger partial charge in [0.25, 0.3) is 5.91 Å². The smallest absolute Gasteiger partial charge is 0.338 e. The Morgan fingerprint density at radius 3 is 2.42 bits per heavy atom. The molecule has 6 nitrogen and oxygen atoms in total. The second-order valence-corrected chi connectivity index (χ2v) is 3.87. The molecule has 19 heavy (non-hydrogen) atoms. The number of esters is 1. The molecule has 0 unspecified atom stereocenters. The van der Waals surface area contributed by atoms with Gasteiger partial charge in [-0.15, -0.1) is 0 Å². The first kappa shape index (κ1) is 14.7. The number of carbonyl (C=O) groups is 3. The van der Waals surface area contributed by atoms with Gasteiger partial charge in [0.2, 0.25) is 5.91 Å². The molecule has 0 radical (unpaired) electrons. The molecule has 0 heterocycles. The quantitative estimate of drug-likeness (QED) is 0.762. The molecule has 0 saturated carbocycles. The average molecular weight is 264 g/mol. The second kappa shape index (κ2) is 7.15. The van der Waals surface area contributed by atoms with Crippen molar-refractivity contribution in [2.24, 2.45) is 0 Å². The molecule has 1 N–H and O–H groups in total. The summed E-state index contributed by atoms with van der Waals surface area (Å²) in [5, 5.41) is 2.40. The lowest BCUT2D eigenvalue weighted by Crippen LogP contribution is -2.39. The molecule has 1 aromatic rings. The fourth-order valence-electron chi connectivity index (χ4n) is 1.28. The monoisotopic (exact) mass is 264 g/mol. The number of rotatable bonds is 5. The normalized spacial score (nSPS) is 9.58. The summed E-state index contributed by atoms with van der Waals surface area (Å²) in [7, 11) is 2.95. The van der Waals surface area contributed by atoms with Crippen LogP contribution in [0.4, 0.5) is 0 Å². The third kappa shape index (κ3) is 4.79. The SMILES string of the molecule is CNC(=O)CN(C)C(=O)COC(=O)c1ccccc1. The van der Waals surface area contributed by atoms with Gasteiger partial charge in [-0.3, -0.25) is 9.59 Å². The number of amides is 2. The van der Waals surface area contributed by atoms with Crippen LogP contribution in [0.1, 0.15) is 10.4 Å². The standard InChI is InChI=1S/C13H16N2O4/c1-14-11(16)8-15(2)12(17)9-19-13(18)10-6-4-3-5-7-10/h3-7H,8-9H2,1-2H3,(H,14,16). The van der Waals surface area contributed by atoms with Crippen LogP contribution in [0.15, 0.2) is 30.3 Å². The molecule has 2 amide bonds. The largest absolute Gasteiger partial charge is 0.452 e. The highest BCUT2D eigenvalue weighted by molar-refractivity contribution is 5.91. The van der Waals surface area contributed by atoms with Crippen LogP contribution >= 0.6 is 0 Å². The van der Waals surface area contributed by atoms with Gasteiger partial charge in [0, 0.05) is 14.1 Å². The highest BCUT2D eigenvalue weighted by Gasteiger charge is 2.15. The molecule has 0 spiro atoms. The third-order valence-electron chi connectivity index (χ3n) is 2.42. The van der Waals surface area contributed by atoms with Crippen molar-refractivity contribution in [1.82, 2.24) is 10.2 Å². The van der Waals surface area contributed by atoms with Gasteiger partial charge in [-0.05, 0) is 12.1 Å². The summed E-state index contributed by atoms with van der Waals surface area (Å²) < 4.78 is 4.86. The molecule has 0 bridgehead atoms. The van der Waals surface area contributed by atoms with Crippen molar-refractivity contribution < 1.29 is 19.1 Å². The molecule has 6 heteroatoms. The number of ether oxygens (including phenoxy) is 1. The van der Waals surface area contributed by atoms with Crippen LogP contribution in [0.25, 0.3) is 0 Å². The minimum atomic E-state index is -0.567. The lowest BCUT2D eigenvalue weighted by atomic mass is 10.2. The molecule has 0 aliphatic heterocycles. The minimum absolute atomic E-state index is 0.0712. The highest BCUT2D eigenvalue weighted by atomic mass is 16.5. The van der Waals surface area contributed by atoms with Crippen molar-refractivity contribution in [3.63, 3.8) is 0 Å². The maximum Gasteiger partial charge on any atom is 0.338 e. The molecule has 0 atom stereocenters. The van der Waals surface area contributed by atoms with E-state index in [1.165, 1.54) is 19.0 Å². The van der Waals surface area contributed by atoms with E-state index < -0.39 is 11.9 Å². The molecule has 0 aliphatic carbocycles. The first-order chi connectivity index (χ1) is 9.04. The molecular formula is C13H16N2O4. The van der Waals surface area contributed by atoms with E-state index >= 15 is 0 Å². The van der Waals surface area contributed by atoms with Gasteiger partial charge < -0.3 is 15.0 Å². The molecular weight excluding hydrogens is 248 g/mol. The Morgan fingerprint density at radius 2 is 1.84 bits per heavy atom. The number of benzene rings is 1. The van der Waals surface area contributed by atoms with Crippen LogP contribution in [0.3, 0.4) is 0 Å². The van der Waals surface area contributed by atoms with Gasteiger partial charge in [0.1, 0.15) is 0 Å². The van der Waals surface area contributed by atoms with E-state index in [9.17, 15) is 14.4 Å². The van der Waals surface area contributed by atoms with E-state index in [0.717, 1.165) is 0 Å². The summed E-state index contributed by atoms with van der Waals surface area (Å²) in [6, 6.07) is 8.38. The summed E-state index contributed by atoms with van der Waals surface area (Å²) in [5.74, 6) is -1.29. The molecule has 0 saturated heterocycles. The zero-order valence-corrected chi connectivity index (χ0v) is 10.9. The first-order valence-corrected chi connectivity index (χ1v) is 5.71. The number of likely N-dealkylation sites (N-methyl/N-ethyl adjacent to an activating group) is 2. The Bertz CT molecular complexity index is 459. The van der Waals surface area contributed by atoms with Crippen molar-refractivity contribution in [2.45, 2.75) is 0 Å². The van der Waals surface area contributed by atoms with Crippen LogP contribution in [-0.4, -0.2) is 49.9 Å². The van der Waals surface area contributed by atoms with Gasteiger partial charge in [0.05, 0.1) is 12.1 Å². The van der Waals surface area contributed by atoms with Gasteiger partial charge in [-0.2, -0.15) is 0 Å². The summed E-state index contributed by atoms with van der Waals surface area (Å²) >= 11 is 0. The summed E-state index contributed by atoms with van der Waals surface area (Å²) in [5.41, 5.74) is 0.379. The fourth-order valence-corrected chi connectivity index (χ4v) is 1.28. The topological polar surface area (TPSA) is 75.7 Å². The molecule has 1 aromatic carbocycles. The Morgan fingerprint density at radius 1 is 1.21 bits per heavy atom. The maximum absolute atomic E-state index is 11.6. The number of nitrogens with zero attached hydrogens (tertiary/aromatic N) is 1. The lowest BCUT2D eigenvalue weighted by molar-refractivity contribution is -0.137. The van der Waals surface area contributed by atoms with Crippen molar-refractivity contribution in [1.29, 1.82) is 0 Å². The Kier molecular flexibility index (Phi) is 5.53. The Labute approximate surface area is 111 Å². The Hall–Kier alpha value is -2.37. The van der Waals surface area contributed by atoms with E-state index in [4.69, 9.17) is 4.74 Å². The lowest BCUT2D eigenvalue weighted by Gasteiger charge is -2.15. The number of carbonyl (C=O) groups excluding carboxylic acids is 3. The van der Waals surface area contributed by atoms with Crippen LogP contribution < -0.4 is 5.32 Å². The van der Waals surface area contributed by atoms with Crippen molar-refractivity contribution in [3.05, 3.63) is 35.9 Å². The van der Waals surface area contributed by atoms with Crippen LogP contribution in [0.5, 0.6) is 0 Å². The Balaban J connectivity index is 2.42. The molecule has 102 valence electrons. The average Bonchev–Trinajstić information content (AvgIpc) is 2.44. The van der Waals surface area contributed by atoms with E-state index in [1.807, 2.05) is 0 Å². The van der Waals surface area contributed by atoms with Crippen molar-refractivity contribution >= 4 is 17.8 Å². The van der Waals surface area contributed by atoms with Gasteiger partial charge in [-0.1, -0.05) is 18.2 Å². The van der Waals surface area contributed by atoms with Gasteiger partial charge in [0.15, 0.2) is 6.61 Å². The summed E-state index contributed by atoms with van der Waals surface area (Å²) in [4.78, 5) is 35.4. The molecule has 0 aromatic heterocycles. The first-order valence-electron chi connectivity index (χ1n) is 5.71. The zero-order chi connectivity index (χ0) is 14.3. The second-order valence-electron chi connectivity index (χ2n) is 3.87. The summed E-state index contributed by atoms with van der Waals surface area (Å²) in [6.07, 6.45) is 0. The molecule has 1 rings (SSSR count). The van der Waals surface area contributed by atoms with Crippen molar-refractivity contribution in [3.8, 4) is 0 Å².